The monoisotopic (exact) mass is 666 g/mol. The van der Waals surface area contributed by atoms with Crippen molar-refractivity contribution >= 4 is 62.8 Å². The Morgan fingerprint density at radius 2 is 2.07 bits per heavy atom. The quantitative estimate of drug-likeness (QED) is 0.129. The molecule has 3 unspecified atom stereocenters. The zero-order chi connectivity index (χ0) is 30.1. The fraction of sp³-hybridized carbons (Fsp3) is 0.581. The first-order valence-corrected chi connectivity index (χ1v) is 16.4. The minimum atomic E-state index is -0.903. The Labute approximate surface area is 260 Å². The van der Waals surface area contributed by atoms with Gasteiger partial charge in [-0.05, 0) is 50.2 Å². The molecule has 3 fully saturated rings. The average Bonchev–Trinajstić information content (AvgIpc) is 3.52. The number of rotatable bonds is 13. The van der Waals surface area contributed by atoms with E-state index in [1.165, 1.54) is 0 Å². The molecule has 224 valence electrons. The molecule has 1 aromatic rings. The Morgan fingerprint density at radius 3 is 2.68 bits per heavy atom. The van der Waals surface area contributed by atoms with Crippen LogP contribution in [-0.2, 0) is 19.1 Å². The summed E-state index contributed by atoms with van der Waals surface area (Å²) in [6.45, 7) is 13.7. The molecule has 0 saturated carbocycles. The highest BCUT2D eigenvalue weighted by atomic mass is 79.9. The van der Waals surface area contributed by atoms with Gasteiger partial charge in [0.1, 0.15) is 6.04 Å². The first-order valence-electron chi connectivity index (χ1n) is 14.2. The van der Waals surface area contributed by atoms with Crippen LogP contribution in [0.15, 0.2) is 43.5 Å². The maximum atomic E-state index is 14.8. The van der Waals surface area contributed by atoms with Crippen molar-refractivity contribution in [2.75, 3.05) is 24.7 Å². The van der Waals surface area contributed by atoms with E-state index in [1.54, 1.807) is 39.8 Å². The van der Waals surface area contributed by atoms with Crippen molar-refractivity contribution in [3.05, 3.63) is 54.1 Å². The molecular weight excluding hydrogens is 628 g/mol. The lowest BCUT2D eigenvalue weighted by atomic mass is 9.71. The van der Waals surface area contributed by atoms with Gasteiger partial charge in [-0.2, -0.15) is 0 Å². The predicted octanol–water partition coefficient (Wildman–Crippen LogP) is 5.55. The third kappa shape index (κ3) is 5.76. The second-order valence-corrected chi connectivity index (χ2v) is 14.7. The Morgan fingerprint density at radius 1 is 1.34 bits per heavy atom. The Bertz CT molecular complexity index is 1180. The molecule has 0 aromatic heterocycles. The summed E-state index contributed by atoms with van der Waals surface area (Å²) in [7, 11) is 0. The van der Waals surface area contributed by atoms with E-state index in [0.717, 1.165) is 12.0 Å². The number of aliphatic hydroxyl groups is 1. The molecule has 7 atom stereocenters. The van der Waals surface area contributed by atoms with Crippen LogP contribution in [0.3, 0.4) is 0 Å². The number of alkyl halides is 1. The van der Waals surface area contributed by atoms with Crippen molar-refractivity contribution in [3.8, 4) is 0 Å². The summed E-state index contributed by atoms with van der Waals surface area (Å²) in [5.74, 6) is -2.21. The summed E-state index contributed by atoms with van der Waals surface area (Å²) in [5, 5.41) is 10.8. The Balaban J connectivity index is 1.82. The lowest BCUT2D eigenvalue weighted by Crippen LogP contribution is -2.58. The maximum absolute atomic E-state index is 14.8. The lowest BCUT2D eigenvalue weighted by Gasteiger charge is -2.40. The van der Waals surface area contributed by atoms with E-state index in [4.69, 9.17) is 16.3 Å². The van der Waals surface area contributed by atoms with Gasteiger partial charge in [0.25, 0.3) is 5.91 Å². The summed E-state index contributed by atoms with van der Waals surface area (Å²) in [5.41, 5.74) is 1.39. The van der Waals surface area contributed by atoms with Gasteiger partial charge < -0.3 is 19.6 Å². The summed E-state index contributed by atoms with van der Waals surface area (Å²) in [4.78, 5) is 46.0. The fourth-order valence-corrected chi connectivity index (χ4v) is 10.8. The number of nitrogens with zero attached hydrogens (tertiary/aromatic N) is 2. The highest BCUT2D eigenvalue weighted by Gasteiger charge is 2.76. The van der Waals surface area contributed by atoms with Crippen LogP contribution in [-0.4, -0.2) is 74.5 Å². The molecule has 1 spiro atoms. The molecule has 2 amide bonds. The minimum Gasteiger partial charge on any atom is -0.465 e. The van der Waals surface area contributed by atoms with Gasteiger partial charge in [-0.3, -0.25) is 14.4 Å². The van der Waals surface area contributed by atoms with Gasteiger partial charge in [0.2, 0.25) is 5.91 Å². The molecule has 0 radical (unpaired) electrons. The summed E-state index contributed by atoms with van der Waals surface area (Å²) in [6, 6.07) is 3.98. The van der Waals surface area contributed by atoms with Crippen molar-refractivity contribution in [1.82, 2.24) is 4.90 Å². The number of hydrogen-bond donors (Lipinski definition) is 1. The smallest absolute Gasteiger partial charge is 0.310 e. The molecule has 2 bridgehead atoms. The van der Waals surface area contributed by atoms with Crippen LogP contribution < -0.4 is 4.90 Å². The zero-order valence-corrected chi connectivity index (χ0v) is 27.1. The van der Waals surface area contributed by atoms with E-state index in [1.807, 2.05) is 32.9 Å². The van der Waals surface area contributed by atoms with Crippen molar-refractivity contribution in [2.24, 2.45) is 17.8 Å². The lowest BCUT2D eigenvalue weighted by molar-refractivity contribution is -0.154. The van der Waals surface area contributed by atoms with Crippen LogP contribution in [0.1, 0.15) is 45.1 Å². The number of amides is 2. The second-order valence-electron chi connectivity index (χ2n) is 11.6. The van der Waals surface area contributed by atoms with Crippen LogP contribution in [0.2, 0.25) is 5.02 Å². The molecule has 41 heavy (non-hydrogen) atoms. The van der Waals surface area contributed by atoms with Crippen molar-refractivity contribution < 1.29 is 24.2 Å². The number of fused-ring (bicyclic) bond motifs is 1. The first kappa shape index (κ1) is 32.1. The maximum Gasteiger partial charge on any atom is 0.310 e. The number of carbonyl (C=O) groups excluding carboxylic acids is 3. The number of halogens is 2. The number of thioether (sulfide) groups is 1. The van der Waals surface area contributed by atoms with E-state index in [9.17, 15) is 19.5 Å². The van der Waals surface area contributed by atoms with E-state index in [2.05, 4.69) is 29.1 Å². The molecule has 1 N–H and O–H groups in total. The van der Waals surface area contributed by atoms with E-state index in [-0.39, 0.29) is 47.6 Å². The largest absolute Gasteiger partial charge is 0.465 e. The third-order valence-electron chi connectivity index (χ3n) is 8.41. The highest BCUT2D eigenvalue weighted by molar-refractivity contribution is 9.09. The Hall–Kier alpha value is -1.81. The number of ether oxygens (including phenoxy) is 1. The number of para-hydroxylation sites is 1. The average molecular weight is 668 g/mol. The van der Waals surface area contributed by atoms with Gasteiger partial charge in [-0.25, -0.2) is 0 Å². The molecule has 3 heterocycles. The van der Waals surface area contributed by atoms with Crippen LogP contribution in [0.25, 0.3) is 0 Å². The number of allylic oxidation sites excluding steroid dienone is 1. The number of likely N-dealkylation sites (tertiary alicyclic amines) is 1. The van der Waals surface area contributed by atoms with Gasteiger partial charge in [0.05, 0.1) is 46.5 Å². The van der Waals surface area contributed by atoms with E-state index >= 15 is 0 Å². The van der Waals surface area contributed by atoms with Crippen molar-refractivity contribution in [1.29, 1.82) is 0 Å². The summed E-state index contributed by atoms with van der Waals surface area (Å²) in [6.07, 6.45) is 5.85. The predicted molar refractivity (Wildman–Crippen MR) is 169 cm³/mol. The minimum absolute atomic E-state index is 0.0786. The van der Waals surface area contributed by atoms with E-state index < -0.39 is 34.6 Å². The van der Waals surface area contributed by atoms with Gasteiger partial charge in [0, 0.05) is 16.6 Å². The molecular formula is C31H40BrClN2O5S. The molecule has 3 aliphatic rings. The normalized spacial score (nSPS) is 29.0. The number of anilines is 1. The number of unbranched alkanes of at least 4 members (excludes halogenated alkanes) is 1. The zero-order valence-electron chi connectivity index (χ0n) is 23.9. The number of carbonyl (C=O) groups is 3. The number of hydrogen-bond acceptors (Lipinski definition) is 6. The third-order valence-corrected chi connectivity index (χ3v) is 11.9. The van der Waals surface area contributed by atoms with Crippen LogP contribution >= 0.6 is 39.3 Å². The second kappa shape index (κ2) is 13.2. The number of benzene rings is 1. The molecule has 3 saturated heterocycles. The van der Waals surface area contributed by atoms with Crippen LogP contribution in [0.4, 0.5) is 5.69 Å². The Kier molecular flexibility index (Phi) is 10.4. The summed E-state index contributed by atoms with van der Waals surface area (Å²) >= 11 is 12.0. The van der Waals surface area contributed by atoms with E-state index in [0.29, 0.717) is 30.0 Å². The standard InChI is InChI=1S/C31H40BrClN2O5S/c1-6-8-9-14-40-30(39)23-24-28(37)35(20(17-36)15-18(3)4)27(31(24)16-21(32)26(23)41-31)29(38)34(13-7-2)25-19(5)11-10-12-22(25)33/h6-7,10-12,18,20-21,23-24,26-27,36H,1-2,8-9,13-17H2,3-5H3/t20-,21?,23-,24+,26-,27?,31?/m1/s1. The molecule has 3 aliphatic heterocycles. The number of esters is 1. The molecule has 1 aromatic carbocycles. The SMILES string of the molecule is C=CCCCOC(=O)[C@H]1[C@@H]2SC3(CC2Br)C(C(=O)N(CC=C)c2c(C)cccc2Cl)N([C@@H](CO)CC(C)C)C(=O)[C@H]13. The van der Waals surface area contributed by atoms with Crippen molar-refractivity contribution in [2.45, 2.75) is 73.4 Å². The number of aliphatic hydroxyl groups excluding tert-OH is 1. The van der Waals surface area contributed by atoms with Crippen LogP contribution in [0, 0.1) is 24.7 Å². The molecule has 7 nitrogen and oxygen atoms in total. The fourth-order valence-electron chi connectivity index (χ4n) is 6.86. The molecule has 0 aliphatic carbocycles. The topological polar surface area (TPSA) is 87.2 Å². The van der Waals surface area contributed by atoms with Gasteiger partial charge in [0.15, 0.2) is 0 Å². The van der Waals surface area contributed by atoms with Gasteiger partial charge in [-0.15, -0.1) is 24.9 Å². The number of aryl methyl sites for hydroxylation is 1. The van der Waals surface area contributed by atoms with Gasteiger partial charge >= 0.3 is 5.97 Å². The first-order chi connectivity index (χ1) is 19.5. The highest BCUT2D eigenvalue weighted by Crippen LogP contribution is 2.68. The van der Waals surface area contributed by atoms with Crippen molar-refractivity contribution in [3.63, 3.8) is 0 Å². The molecule has 4 rings (SSSR count). The van der Waals surface area contributed by atoms with Crippen LogP contribution in [0.5, 0.6) is 0 Å². The molecule has 10 heteroatoms. The van der Waals surface area contributed by atoms with Gasteiger partial charge in [-0.1, -0.05) is 65.7 Å². The summed E-state index contributed by atoms with van der Waals surface area (Å²) < 4.78 is 4.82.